The molecule has 2 fully saturated rings. The number of piperidine rings is 1. The lowest BCUT2D eigenvalue weighted by molar-refractivity contribution is 0.0934. The summed E-state index contributed by atoms with van der Waals surface area (Å²) < 4.78 is 35.3. The topological polar surface area (TPSA) is 104 Å². The number of fused-ring (bicyclic) bond motifs is 1. The molecular weight excluding hydrogens is 589 g/mol. The van der Waals surface area contributed by atoms with Crippen molar-refractivity contribution in [3.8, 4) is 16.6 Å². The molecule has 2 aliphatic rings. The molecule has 0 atom stereocenters. The highest BCUT2D eigenvalue weighted by Crippen LogP contribution is 2.39. The molecule has 1 aliphatic carbocycles. The van der Waals surface area contributed by atoms with Crippen LogP contribution in [0.4, 0.5) is 5.69 Å². The van der Waals surface area contributed by atoms with Gasteiger partial charge in [-0.05, 0) is 55.2 Å². The van der Waals surface area contributed by atoms with Crippen molar-refractivity contribution < 1.29 is 13.2 Å². The second kappa shape index (κ2) is 12.1. The highest BCUT2D eigenvalue weighted by atomic mass is 32.2. The standard InChI is InChI=1S/C29H30N6O3S3.CH4/c36-41(37,27-5-2-14-39-27)35(18-20-6-7-20)25-4-1-3-21-15-24(33-28(21)25)29-32-16-23(40-29)19-34-12-8-22(9-13-34)38-26-17-30-10-11-31-26;/h1-5,10-11,14-17,20,22,33H,6-9,12-13,18-19H2;1H4. The van der Waals surface area contributed by atoms with E-state index in [1.165, 1.54) is 16.2 Å². The van der Waals surface area contributed by atoms with E-state index >= 15 is 0 Å². The van der Waals surface area contributed by atoms with Gasteiger partial charge < -0.3 is 9.72 Å². The Morgan fingerprint density at radius 3 is 2.64 bits per heavy atom. The number of para-hydroxylation sites is 1. The third-order valence-electron chi connectivity index (χ3n) is 7.59. The predicted octanol–water partition coefficient (Wildman–Crippen LogP) is 6.43. The molecule has 5 aromatic rings. The minimum atomic E-state index is -3.65. The first-order valence-electron chi connectivity index (χ1n) is 13.8. The number of H-pyrrole nitrogens is 1. The van der Waals surface area contributed by atoms with Crippen LogP contribution in [0.15, 0.2) is 70.8 Å². The maximum atomic E-state index is 13.7. The van der Waals surface area contributed by atoms with Gasteiger partial charge in [0.2, 0.25) is 5.88 Å². The minimum Gasteiger partial charge on any atom is -0.473 e. The molecule has 220 valence electrons. The maximum Gasteiger partial charge on any atom is 0.273 e. The Balaban J connectivity index is 0.00000316. The Labute approximate surface area is 254 Å². The van der Waals surface area contributed by atoms with Gasteiger partial charge in [0.15, 0.2) is 0 Å². The Bertz CT molecular complexity index is 1720. The van der Waals surface area contributed by atoms with E-state index in [1.807, 2.05) is 29.8 Å². The monoisotopic (exact) mass is 622 g/mol. The van der Waals surface area contributed by atoms with Gasteiger partial charge in [-0.2, -0.15) is 0 Å². The molecular formula is C30H34N6O3S3. The average Bonchev–Trinajstić information content (AvgIpc) is 3.37. The maximum absolute atomic E-state index is 13.7. The molecule has 1 N–H and O–H groups in total. The Morgan fingerprint density at radius 1 is 1.05 bits per heavy atom. The van der Waals surface area contributed by atoms with Gasteiger partial charge in [0, 0.05) is 55.0 Å². The molecule has 9 nitrogen and oxygen atoms in total. The highest BCUT2D eigenvalue weighted by molar-refractivity contribution is 7.94. The zero-order valence-corrected chi connectivity index (χ0v) is 24.8. The molecule has 12 heteroatoms. The summed E-state index contributed by atoms with van der Waals surface area (Å²) in [6.07, 6.45) is 11.1. The Kier molecular flexibility index (Phi) is 8.30. The summed E-state index contributed by atoms with van der Waals surface area (Å²) in [7, 11) is -3.65. The second-order valence-electron chi connectivity index (χ2n) is 10.6. The third-order valence-corrected chi connectivity index (χ3v) is 11.8. The molecule has 0 amide bonds. The van der Waals surface area contributed by atoms with Crippen LogP contribution in [0.1, 0.15) is 38.0 Å². The number of aromatic amines is 1. The summed E-state index contributed by atoms with van der Waals surface area (Å²) in [5, 5.41) is 3.69. The zero-order valence-electron chi connectivity index (χ0n) is 22.3. The van der Waals surface area contributed by atoms with Crippen LogP contribution < -0.4 is 9.04 Å². The van der Waals surface area contributed by atoms with Crippen molar-refractivity contribution in [1.82, 2.24) is 24.8 Å². The number of hydrogen-bond donors (Lipinski definition) is 1. The SMILES string of the molecule is C.O=S(=O)(c1cccs1)N(CC1CC1)c1cccc2cc(-c3ncc(CN4CCC(Oc5cnccn5)CC4)s3)[nH]c12. The molecule has 4 aromatic heterocycles. The molecule has 0 spiro atoms. The predicted molar refractivity (Wildman–Crippen MR) is 169 cm³/mol. The van der Waals surface area contributed by atoms with E-state index in [0.717, 1.165) is 66.9 Å². The van der Waals surface area contributed by atoms with Crippen LogP contribution >= 0.6 is 22.7 Å². The van der Waals surface area contributed by atoms with Crippen molar-refractivity contribution in [2.45, 2.75) is 50.0 Å². The third kappa shape index (κ3) is 6.07. The summed E-state index contributed by atoms with van der Waals surface area (Å²) in [6, 6.07) is 11.4. The number of aromatic nitrogens is 4. The van der Waals surface area contributed by atoms with Crippen LogP contribution in [0.2, 0.25) is 0 Å². The average molecular weight is 623 g/mol. The van der Waals surface area contributed by atoms with Crippen LogP contribution in [-0.2, 0) is 16.6 Å². The number of nitrogens with one attached hydrogen (secondary N) is 1. The van der Waals surface area contributed by atoms with Crippen LogP contribution in [0, 0.1) is 5.92 Å². The summed E-state index contributed by atoms with van der Waals surface area (Å²) in [5.74, 6) is 0.985. The molecule has 0 bridgehead atoms. The molecule has 0 unspecified atom stereocenters. The first-order valence-corrected chi connectivity index (χ1v) is 16.9. The first-order chi connectivity index (χ1) is 20.0. The number of ether oxygens (including phenoxy) is 1. The van der Waals surface area contributed by atoms with Crippen LogP contribution in [-0.4, -0.2) is 59.0 Å². The number of benzene rings is 1. The van der Waals surface area contributed by atoms with E-state index < -0.39 is 10.0 Å². The van der Waals surface area contributed by atoms with Crippen LogP contribution in [0.5, 0.6) is 5.88 Å². The van der Waals surface area contributed by atoms with Crippen molar-refractivity contribution in [2.75, 3.05) is 23.9 Å². The smallest absolute Gasteiger partial charge is 0.273 e. The van der Waals surface area contributed by atoms with Gasteiger partial charge in [0.25, 0.3) is 10.0 Å². The van der Waals surface area contributed by atoms with E-state index in [-0.39, 0.29) is 13.5 Å². The Hall–Kier alpha value is -3.32. The molecule has 42 heavy (non-hydrogen) atoms. The van der Waals surface area contributed by atoms with Gasteiger partial charge in [0.1, 0.15) is 15.3 Å². The molecule has 1 aliphatic heterocycles. The Morgan fingerprint density at radius 2 is 1.90 bits per heavy atom. The van der Waals surface area contributed by atoms with Crippen molar-refractivity contribution >= 4 is 49.3 Å². The van der Waals surface area contributed by atoms with Crippen molar-refractivity contribution in [2.24, 2.45) is 5.92 Å². The van der Waals surface area contributed by atoms with Crippen molar-refractivity contribution in [3.63, 3.8) is 0 Å². The lowest BCUT2D eigenvalue weighted by atomic mass is 10.1. The number of thiophene rings is 1. The molecule has 1 saturated carbocycles. The largest absolute Gasteiger partial charge is 0.473 e. The van der Waals surface area contributed by atoms with E-state index in [2.05, 4.69) is 25.9 Å². The van der Waals surface area contributed by atoms with Gasteiger partial charge in [-0.15, -0.1) is 22.7 Å². The molecule has 1 saturated heterocycles. The number of thiazole rings is 1. The summed E-state index contributed by atoms with van der Waals surface area (Å²) >= 11 is 2.93. The summed E-state index contributed by atoms with van der Waals surface area (Å²) in [4.78, 5) is 20.2. The normalized spacial score (nSPS) is 16.4. The molecule has 5 heterocycles. The van der Waals surface area contributed by atoms with Crippen LogP contribution in [0.3, 0.4) is 0 Å². The number of hydrogen-bond acceptors (Lipinski definition) is 9. The van der Waals surface area contributed by atoms with Gasteiger partial charge in [0.05, 0.1) is 23.1 Å². The minimum absolute atomic E-state index is 0. The fourth-order valence-electron chi connectivity index (χ4n) is 5.27. The van der Waals surface area contributed by atoms with Gasteiger partial charge >= 0.3 is 0 Å². The lowest BCUT2D eigenvalue weighted by Crippen LogP contribution is -2.37. The molecule has 7 rings (SSSR count). The van der Waals surface area contributed by atoms with E-state index in [4.69, 9.17) is 9.72 Å². The van der Waals surface area contributed by atoms with Crippen molar-refractivity contribution in [1.29, 1.82) is 0 Å². The summed E-state index contributed by atoms with van der Waals surface area (Å²) in [6.45, 7) is 3.23. The number of anilines is 1. The summed E-state index contributed by atoms with van der Waals surface area (Å²) in [5.41, 5.74) is 2.42. The number of rotatable bonds is 10. The van der Waals surface area contributed by atoms with E-state index in [1.54, 1.807) is 46.4 Å². The van der Waals surface area contributed by atoms with E-state index in [0.29, 0.717) is 28.2 Å². The fraction of sp³-hybridized carbons (Fsp3) is 0.367. The van der Waals surface area contributed by atoms with Crippen LogP contribution in [0.25, 0.3) is 21.6 Å². The molecule has 1 aromatic carbocycles. The molecule has 0 radical (unpaired) electrons. The van der Waals surface area contributed by atoms with Gasteiger partial charge in [-0.3, -0.25) is 14.2 Å². The first kappa shape index (κ1) is 28.8. The number of sulfonamides is 1. The van der Waals surface area contributed by atoms with Crippen molar-refractivity contribution in [3.05, 3.63) is 71.4 Å². The van der Waals surface area contributed by atoms with Gasteiger partial charge in [-0.25, -0.2) is 18.4 Å². The highest BCUT2D eigenvalue weighted by Gasteiger charge is 2.34. The lowest BCUT2D eigenvalue weighted by Gasteiger charge is -2.31. The van der Waals surface area contributed by atoms with E-state index in [9.17, 15) is 8.42 Å². The zero-order chi connectivity index (χ0) is 27.8. The second-order valence-corrected chi connectivity index (χ2v) is 14.8. The quantitative estimate of drug-likeness (QED) is 0.191. The fourth-order valence-corrected chi connectivity index (χ4v) is 8.85. The van der Waals surface area contributed by atoms with Gasteiger partial charge in [-0.1, -0.05) is 25.6 Å². The number of likely N-dealkylation sites (tertiary alicyclic amines) is 1. The number of nitrogens with zero attached hydrogens (tertiary/aromatic N) is 5.